The molecule has 20 heavy (non-hydrogen) atoms. The molecule has 0 amide bonds. The molecule has 0 aliphatic heterocycles. The van der Waals surface area contributed by atoms with E-state index in [1.54, 1.807) is 6.08 Å². The molecular weight excluding hydrogens is 244 g/mol. The Balaban J connectivity index is 1.86. The van der Waals surface area contributed by atoms with Gasteiger partial charge in [0, 0.05) is 6.42 Å². The van der Waals surface area contributed by atoms with Crippen molar-refractivity contribution in [2.24, 2.45) is 0 Å². The Morgan fingerprint density at radius 3 is 2.45 bits per heavy atom. The van der Waals surface area contributed by atoms with Crippen molar-refractivity contribution in [2.75, 3.05) is 0 Å². The van der Waals surface area contributed by atoms with Crippen molar-refractivity contribution >= 4 is 11.4 Å². The smallest absolute Gasteiger partial charge is 0.159 e. The Bertz CT molecular complexity index is 778. The van der Waals surface area contributed by atoms with Crippen LogP contribution in [0.1, 0.15) is 23.1 Å². The van der Waals surface area contributed by atoms with Crippen LogP contribution in [0, 0.1) is 0 Å². The number of hydrogen-bond acceptors (Lipinski definition) is 1. The summed E-state index contributed by atoms with van der Waals surface area (Å²) in [7, 11) is 0. The molecule has 1 nitrogen and oxygen atoms in total. The maximum atomic E-state index is 11.3. The first-order valence-electron chi connectivity index (χ1n) is 6.94. The van der Waals surface area contributed by atoms with E-state index in [2.05, 4.69) is 42.5 Å². The molecule has 2 aromatic rings. The van der Waals surface area contributed by atoms with Crippen molar-refractivity contribution in [1.82, 2.24) is 0 Å². The first-order chi connectivity index (χ1) is 9.83. The summed E-state index contributed by atoms with van der Waals surface area (Å²) in [5.74, 6) is 0.185. The van der Waals surface area contributed by atoms with Gasteiger partial charge >= 0.3 is 0 Å². The van der Waals surface area contributed by atoms with Crippen LogP contribution < -0.4 is 0 Å². The highest BCUT2D eigenvalue weighted by atomic mass is 16.1. The van der Waals surface area contributed by atoms with Gasteiger partial charge in [0.05, 0.1) is 0 Å². The topological polar surface area (TPSA) is 17.1 Å². The van der Waals surface area contributed by atoms with E-state index in [-0.39, 0.29) is 5.78 Å². The molecule has 4 rings (SSSR count). The van der Waals surface area contributed by atoms with E-state index < -0.39 is 0 Å². The fraction of sp³-hybridized carbons (Fsp3) is 0.105. The minimum Gasteiger partial charge on any atom is -0.295 e. The SMILES string of the molecule is O=C1C=CC(c2cccc3c2Cc2ccccc2-3)=CC1. The molecule has 2 aliphatic carbocycles. The third-order valence-electron chi connectivity index (χ3n) is 4.13. The van der Waals surface area contributed by atoms with Gasteiger partial charge in [-0.2, -0.15) is 0 Å². The molecule has 96 valence electrons. The van der Waals surface area contributed by atoms with Crippen LogP contribution in [0.15, 0.2) is 60.7 Å². The largest absolute Gasteiger partial charge is 0.295 e. The van der Waals surface area contributed by atoms with Crippen LogP contribution in [0.3, 0.4) is 0 Å². The van der Waals surface area contributed by atoms with E-state index >= 15 is 0 Å². The standard InChI is InChI=1S/C19H14O/c20-15-10-8-13(9-11-15)16-6-3-7-18-17-5-2-1-4-14(17)12-19(16)18/h1-10H,11-12H2. The van der Waals surface area contributed by atoms with Gasteiger partial charge in [0.25, 0.3) is 0 Å². The molecular formula is C19H14O. The Morgan fingerprint density at radius 2 is 1.60 bits per heavy atom. The Hall–Kier alpha value is -2.41. The van der Waals surface area contributed by atoms with E-state index in [0.717, 1.165) is 6.42 Å². The predicted octanol–water partition coefficient (Wildman–Crippen LogP) is 4.17. The van der Waals surface area contributed by atoms with Gasteiger partial charge in [-0.25, -0.2) is 0 Å². The van der Waals surface area contributed by atoms with Gasteiger partial charge in [-0.05, 0) is 45.9 Å². The normalized spacial score (nSPS) is 15.8. The van der Waals surface area contributed by atoms with Gasteiger partial charge < -0.3 is 0 Å². The highest BCUT2D eigenvalue weighted by Gasteiger charge is 2.21. The lowest BCUT2D eigenvalue weighted by Gasteiger charge is -2.12. The van der Waals surface area contributed by atoms with E-state index in [1.165, 1.54) is 33.4 Å². The average Bonchev–Trinajstić information content (AvgIpc) is 2.87. The van der Waals surface area contributed by atoms with Gasteiger partial charge in [-0.1, -0.05) is 54.6 Å². The molecule has 2 aliphatic rings. The van der Waals surface area contributed by atoms with E-state index in [9.17, 15) is 4.79 Å². The number of rotatable bonds is 1. The third-order valence-corrected chi connectivity index (χ3v) is 4.13. The van der Waals surface area contributed by atoms with Crippen molar-refractivity contribution < 1.29 is 4.79 Å². The second kappa shape index (κ2) is 4.31. The Morgan fingerprint density at radius 1 is 0.800 bits per heavy atom. The van der Waals surface area contributed by atoms with Crippen molar-refractivity contribution in [3.8, 4) is 11.1 Å². The van der Waals surface area contributed by atoms with E-state index in [0.29, 0.717) is 6.42 Å². The first kappa shape index (κ1) is 11.4. The molecule has 0 unspecified atom stereocenters. The summed E-state index contributed by atoms with van der Waals surface area (Å²) in [5.41, 5.74) is 7.91. The molecule has 0 fully saturated rings. The van der Waals surface area contributed by atoms with Crippen molar-refractivity contribution in [2.45, 2.75) is 12.8 Å². The molecule has 0 atom stereocenters. The summed E-state index contributed by atoms with van der Waals surface area (Å²) in [6.07, 6.45) is 7.19. The maximum Gasteiger partial charge on any atom is 0.159 e. The van der Waals surface area contributed by atoms with Crippen molar-refractivity contribution in [3.63, 3.8) is 0 Å². The van der Waals surface area contributed by atoms with E-state index in [1.807, 2.05) is 12.2 Å². The fourth-order valence-electron chi connectivity index (χ4n) is 3.16. The summed E-state index contributed by atoms with van der Waals surface area (Å²) in [6, 6.07) is 15.1. The summed E-state index contributed by atoms with van der Waals surface area (Å²) in [5, 5.41) is 0. The molecule has 0 spiro atoms. The minimum atomic E-state index is 0.185. The van der Waals surface area contributed by atoms with Crippen LogP contribution in [0.4, 0.5) is 0 Å². The quantitative estimate of drug-likeness (QED) is 0.640. The molecule has 0 radical (unpaired) electrons. The number of carbonyl (C=O) groups is 1. The number of benzene rings is 2. The lowest BCUT2D eigenvalue weighted by molar-refractivity contribution is -0.113. The molecule has 0 heterocycles. The van der Waals surface area contributed by atoms with Crippen LogP contribution in [-0.4, -0.2) is 5.78 Å². The van der Waals surface area contributed by atoms with Gasteiger partial charge in [0.2, 0.25) is 0 Å². The van der Waals surface area contributed by atoms with Gasteiger partial charge in [0.1, 0.15) is 0 Å². The molecule has 1 heteroatoms. The summed E-state index contributed by atoms with van der Waals surface area (Å²) in [4.78, 5) is 11.3. The van der Waals surface area contributed by atoms with Crippen LogP contribution in [-0.2, 0) is 11.2 Å². The molecule has 0 bridgehead atoms. The number of carbonyl (C=O) groups excluding carboxylic acids is 1. The van der Waals surface area contributed by atoms with Gasteiger partial charge in [-0.15, -0.1) is 0 Å². The third kappa shape index (κ3) is 1.67. The molecule has 0 saturated heterocycles. The van der Waals surface area contributed by atoms with Crippen LogP contribution in [0.25, 0.3) is 16.7 Å². The average molecular weight is 258 g/mol. The van der Waals surface area contributed by atoms with Crippen molar-refractivity contribution in [3.05, 3.63) is 77.4 Å². The van der Waals surface area contributed by atoms with Crippen LogP contribution in [0.2, 0.25) is 0 Å². The number of ketones is 1. The minimum absolute atomic E-state index is 0.185. The lowest BCUT2D eigenvalue weighted by atomic mass is 9.92. The second-order valence-corrected chi connectivity index (χ2v) is 5.33. The van der Waals surface area contributed by atoms with Gasteiger partial charge in [-0.3, -0.25) is 4.79 Å². The molecule has 0 saturated carbocycles. The lowest BCUT2D eigenvalue weighted by Crippen LogP contribution is -1.98. The monoisotopic (exact) mass is 258 g/mol. The van der Waals surface area contributed by atoms with Crippen LogP contribution >= 0.6 is 0 Å². The first-order valence-corrected chi connectivity index (χ1v) is 6.94. The van der Waals surface area contributed by atoms with E-state index in [4.69, 9.17) is 0 Å². The molecule has 2 aromatic carbocycles. The summed E-state index contributed by atoms with van der Waals surface area (Å²) in [6.45, 7) is 0. The number of hydrogen-bond donors (Lipinski definition) is 0. The van der Waals surface area contributed by atoms with Crippen LogP contribution in [0.5, 0.6) is 0 Å². The maximum absolute atomic E-state index is 11.3. The zero-order valence-corrected chi connectivity index (χ0v) is 11.1. The highest BCUT2D eigenvalue weighted by molar-refractivity contribution is 5.99. The Labute approximate surface area is 118 Å². The van der Waals surface area contributed by atoms with Crippen molar-refractivity contribution in [1.29, 1.82) is 0 Å². The molecule has 0 N–H and O–H groups in total. The fourth-order valence-corrected chi connectivity index (χ4v) is 3.16. The summed E-state index contributed by atoms with van der Waals surface area (Å²) < 4.78 is 0. The number of fused-ring (bicyclic) bond motifs is 3. The zero-order valence-electron chi connectivity index (χ0n) is 11.1. The second-order valence-electron chi connectivity index (χ2n) is 5.33. The zero-order chi connectivity index (χ0) is 13.5. The number of allylic oxidation sites excluding steroid dienone is 4. The molecule has 0 aromatic heterocycles. The Kier molecular flexibility index (Phi) is 2.46. The van der Waals surface area contributed by atoms with Gasteiger partial charge in [0.15, 0.2) is 5.78 Å². The summed E-state index contributed by atoms with van der Waals surface area (Å²) >= 11 is 0. The predicted molar refractivity (Wildman–Crippen MR) is 81.4 cm³/mol. The highest BCUT2D eigenvalue weighted by Crippen LogP contribution is 2.40.